The fourth-order valence-corrected chi connectivity index (χ4v) is 3.81. The lowest BCUT2D eigenvalue weighted by Crippen LogP contribution is -2.46. The van der Waals surface area contributed by atoms with Gasteiger partial charge >= 0.3 is 12.1 Å². The highest BCUT2D eigenvalue weighted by molar-refractivity contribution is 7.09. The fraction of sp³-hybridized carbons (Fsp3) is 0.500. The van der Waals surface area contributed by atoms with Crippen LogP contribution in [-0.2, 0) is 17.9 Å². The number of para-hydroxylation sites is 1. The minimum absolute atomic E-state index is 0.497. The second-order valence-corrected chi connectivity index (χ2v) is 8.08. The number of rotatable bonds is 6. The van der Waals surface area contributed by atoms with Crippen LogP contribution >= 0.6 is 11.3 Å². The van der Waals surface area contributed by atoms with Crippen LogP contribution in [-0.4, -0.2) is 46.3 Å². The topological polar surface area (TPSA) is 88.7 Å². The van der Waals surface area contributed by atoms with Crippen molar-refractivity contribution < 1.29 is 27.8 Å². The van der Waals surface area contributed by atoms with Crippen molar-refractivity contribution in [3.05, 3.63) is 46.4 Å². The number of aliphatic carboxylic acids is 1. The monoisotopic (exact) mass is 445 g/mol. The number of thiazole rings is 1. The highest BCUT2D eigenvalue weighted by Gasteiger charge is 2.38. The van der Waals surface area contributed by atoms with Gasteiger partial charge in [0.05, 0.1) is 5.69 Å². The number of piperidine rings is 1. The fourth-order valence-electron chi connectivity index (χ4n) is 3.12. The molecule has 1 aromatic heterocycles. The van der Waals surface area contributed by atoms with E-state index in [1.54, 1.807) is 11.3 Å². The van der Waals surface area contributed by atoms with E-state index in [2.05, 4.69) is 17.2 Å². The number of alkyl halides is 3. The number of aromatic nitrogens is 1. The molecule has 1 saturated heterocycles. The first-order valence-electron chi connectivity index (χ1n) is 9.54. The summed E-state index contributed by atoms with van der Waals surface area (Å²) in [4.78, 5) is 16.1. The first-order chi connectivity index (χ1) is 14.2. The maximum absolute atomic E-state index is 10.6. The van der Waals surface area contributed by atoms with E-state index in [0.29, 0.717) is 12.6 Å². The number of carboxylic acids is 1. The van der Waals surface area contributed by atoms with Crippen LogP contribution in [0.4, 0.5) is 13.2 Å². The Morgan fingerprint density at radius 2 is 2.00 bits per heavy atom. The molecule has 2 unspecified atom stereocenters. The maximum Gasteiger partial charge on any atom is 0.490 e. The number of likely N-dealkylation sites (tertiary alicyclic amines) is 1. The molecule has 0 spiro atoms. The molecular weight excluding hydrogens is 419 g/mol. The third kappa shape index (κ3) is 7.92. The molecule has 0 radical (unpaired) electrons. The molecule has 0 aliphatic carbocycles. The van der Waals surface area contributed by atoms with E-state index >= 15 is 0 Å². The van der Waals surface area contributed by atoms with Gasteiger partial charge in [-0.25, -0.2) is 9.78 Å². The zero-order chi connectivity index (χ0) is 22.1. The van der Waals surface area contributed by atoms with E-state index in [-0.39, 0.29) is 0 Å². The van der Waals surface area contributed by atoms with Crippen molar-refractivity contribution in [2.45, 2.75) is 45.1 Å². The predicted octanol–water partition coefficient (Wildman–Crippen LogP) is 3.91. The molecule has 2 heterocycles. The van der Waals surface area contributed by atoms with Crippen LogP contribution in [0.2, 0.25) is 0 Å². The molecule has 166 valence electrons. The Morgan fingerprint density at radius 3 is 2.60 bits per heavy atom. The van der Waals surface area contributed by atoms with Crippen LogP contribution in [0.1, 0.15) is 30.5 Å². The highest BCUT2D eigenvalue weighted by atomic mass is 32.1. The van der Waals surface area contributed by atoms with Crippen LogP contribution in [0.15, 0.2) is 35.7 Å². The number of nitrogens with zero attached hydrogens (tertiary/aromatic N) is 2. The van der Waals surface area contributed by atoms with Gasteiger partial charge < -0.3 is 15.6 Å². The van der Waals surface area contributed by atoms with E-state index in [1.807, 2.05) is 30.3 Å². The van der Waals surface area contributed by atoms with Crippen LogP contribution < -0.4 is 10.5 Å². The van der Waals surface area contributed by atoms with Crippen molar-refractivity contribution >= 4 is 17.3 Å². The Kier molecular flexibility index (Phi) is 9.07. The molecule has 2 aromatic rings. The second-order valence-electron chi connectivity index (χ2n) is 7.14. The average molecular weight is 446 g/mol. The molecule has 3 rings (SSSR count). The molecular formula is C20H26F3N3O3S. The number of benzene rings is 1. The Bertz CT molecular complexity index is 786. The summed E-state index contributed by atoms with van der Waals surface area (Å²) in [6.45, 7) is 5.61. The smallest absolute Gasteiger partial charge is 0.486 e. The third-order valence-electron chi connectivity index (χ3n) is 4.64. The molecule has 0 bridgehead atoms. The minimum atomic E-state index is -5.08. The van der Waals surface area contributed by atoms with Crippen molar-refractivity contribution in [2.75, 3.05) is 13.1 Å². The van der Waals surface area contributed by atoms with Gasteiger partial charge in [0.2, 0.25) is 0 Å². The quantitative estimate of drug-likeness (QED) is 0.701. The molecule has 0 amide bonds. The van der Waals surface area contributed by atoms with Crippen LogP contribution in [0.25, 0.3) is 0 Å². The van der Waals surface area contributed by atoms with Gasteiger partial charge in [-0.3, -0.25) is 4.90 Å². The van der Waals surface area contributed by atoms with Gasteiger partial charge in [0.15, 0.2) is 0 Å². The van der Waals surface area contributed by atoms with Gasteiger partial charge in [0.1, 0.15) is 17.4 Å². The van der Waals surface area contributed by atoms with Crippen molar-refractivity contribution in [2.24, 2.45) is 11.7 Å². The lowest BCUT2D eigenvalue weighted by atomic mass is 9.94. The largest absolute Gasteiger partial charge is 0.490 e. The number of carboxylic acid groups (broad SMARTS) is 1. The molecule has 1 aliphatic heterocycles. The van der Waals surface area contributed by atoms with Crippen LogP contribution in [0.3, 0.4) is 0 Å². The van der Waals surface area contributed by atoms with Gasteiger partial charge in [-0.05, 0) is 30.9 Å². The molecule has 1 aliphatic rings. The molecule has 10 heteroatoms. The van der Waals surface area contributed by atoms with Crippen molar-refractivity contribution in [1.82, 2.24) is 9.88 Å². The average Bonchev–Trinajstić information content (AvgIpc) is 3.14. The molecule has 2 atom stereocenters. The van der Waals surface area contributed by atoms with Crippen molar-refractivity contribution in [3.63, 3.8) is 0 Å². The van der Waals surface area contributed by atoms with E-state index in [9.17, 15) is 13.2 Å². The highest BCUT2D eigenvalue weighted by Crippen LogP contribution is 2.24. The molecule has 30 heavy (non-hydrogen) atoms. The zero-order valence-corrected chi connectivity index (χ0v) is 17.5. The van der Waals surface area contributed by atoms with Gasteiger partial charge in [-0.2, -0.15) is 13.2 Å². The Hall–Kier alpha value is -2.17. The summed E-state index contributed by atoms with van der Waals surface area (Å²) in [6.07, 6.45) is -2.60. The number of hydrogen-bond donors (Lipinski definition) is 2. The number of halogens is 3. The maximum atomic E-state index is 10.6. The second kappa shape index (κ2) is 11.3. The summed E-state index contributed by atoms with van der Waals surface area (Å²) in [6, 6.07) is 10.4. The Balaban J connectivity index is 0.000000396. The molecule has 1 fully saturated rings. The lowest BCUT2D eigenvalue weighted by Gasteiger charge is -2.37. The summed E-state index contributed by atoms with van der Waals surface area (Å²) >= 11 is 1.67. The van der Waals surface area contributed by atoms with Crippen LogP contribution in [0.5, 0.6) is 5.75 Å². The van der Waals surface area contributed by atoms with E-state index in [4.69, 9.17) is 25.4 Å². The first-order valence-corrected chi connectivity index (χ1v) is 10.4. The summed E-state index contributed by atoms with van der Waals surface area (Å²) in [5.41, 5.74) is 7.06. The van der Waals surface area contributed by atoms with Crippen molar-refractivity contribution in [3.8, 4) is 5.75 Å². The molecule has 1 aromatic carbocycles. The predicted molar refractivity (Wildman–Crippen MR) is 108 cm³/mol. The Labute approximate surface area is 177 Å². The molecule has 0 saturated carbocycles. The Morgan fingerprint density at radius 1 is 1.33 bits per heavy atom. The third-order valence-corrected chi connectivity index (χ3v) is 5.51. The van der Waals surface area contributed by atoms with Gasteiger partial charge in [0, 0.05) is 31.1 Å². The first kappa shape index (κ1) is 24.1. The van der Waals surface area contributed by atoms with Gasteiger partial charge in [-0.15, -0.1) is 11.3 Å². The molecule has 6 nitrogen and oxygen atoms in total. The number of hydrogen-bond acceptors (Lipinski definition) is 6. The number of ether oxygens (including phenoxy) is 1. The standard InChI is InChI=1S/C18H25N3OS.C2HF3O2/c1-14-7-8-16(9-19)21(10-14)11-15-13-23-18(20-15)12-22-17-5-3-2-4-6-17;3-2(4,5)1(6)7/h2-6,13-14,16H,7-12,19H2,1H3;(H,6,7). The lowest BCUT2D eigenvalue weighted by molar-refractivity contribution is -0.192. The van der Waals surface area contributed by atoms with E-state index in [0.717, 1.165) is 42.0 Å². The molecule has 3 N–H and O–H groups in total. The SMILES string of the molecule is CC1CCC(CN)N(Cc2csc(COc3ccccc3)n2)C1.O=C(O)C(F)(F)F. The summed E-state index contributed by atoms with van der Waals surface area (Å²) < 4.78 is 37.5. The van der Waals surface area contributed by atoms with E-state index in [1.165, 1.54) is 12.8 Å². The zero-order valence-electron chi connectivity index (χ0n) is 16.6. The van der Waals surface area contributed by atoms with Crippen LogP contribution in [0, 0.1) is 5.92 Å². The normalized spacial score (nSPS) is 19.6. The van der Waals surface area contributed by atoms with E-state index < -0.39 is 12.1 Å². The summed E-state index contributed by atoms with van der Waals surface area (Å²) in [7, 11) is 0. The van der Waals surface area contributed by atoms with Gasteiger partial charge in [-0.1, -0.05) is 25.1 Å². The summed E-state index contributed by atoms with van der Waals surface area (Å²) in [5.74, 6) is -1.12. The number of carbonyl (C=O) groups is 1. The summed E-state index contributed by atoms with van der Waals surface area (Å²) in [5, 5.41) is 10.3. The number of nitrogens with two attached hydrogens (primary N) is 1. The van der Waals surface area contributed by atoms with Gasteiger partial charge in [0.25, 0.3) is 0 Å². The van der Waals surface area contributed by atoms with Crippen molar-refractivity contribution in [1.29, 1.82) is 0 Å². The minimum Gasteiger partial charge on any atom is -0.486 e.